The first-order valence-electron chi connectivity index (χ1n) is 8.91. The highest BCUT2D eigenvalue weighted by Crippen LogP contribution is 2.36. The van der Waals surface area contributed by atoms with Gasteiger partial charge in [-0.1, -0.05) is 12.1 Å². The maximum absolute atomic E-state index is 10.0. The molecule has 0 radical (unpaired) electrons. The Morgan fingerprint density at radius 3 is 2.26 bits per heavy atom. The van der Waals surface area contributed by atoms with Crippen molar-refractivity contribution in [2.45, 2.75) is 19.1 Å². The molecule has 2 N–H and O–H groups in total. The molecule has 0 unspecified atom stereocenters. The van der Waals surface area contributed by atoms with Gasteiger partial charge in [0.25, 0.3) is 0 Å². The number of hydrogen-bond donors (Lipinski definition) is 2. The lowest BCUT2D eigenvalue weighted by Gasteiger charge is -2.22. The van der Waals surface area contributed by atoms with Crippen LogP contribution in [0.1, 0.15) is 11.1 Å². The lowest BCUT2D eigenvalue weighted by atomic mass is 9.84. The maximum atomic E-state index is 10.0. The van der Waals surface area contributed by atoms with E-state index in [1.165, 1.54) is 14.2 Å². The zero-order valence-electron chi connectivity index (χ0n) is 15.8. The summed E-state index contributed by atoms with van der Waals surface area (Å²) in [5, 5.41) is 19.8. The van der Waals surface area contributed by atoms with Gasteiger partial charge in [-0.05, 0) is 54.2 Å². The van der Waals surface area contributed by atoms with Crippen molar-refractivity contribution in [2.75, 3.05) is 27.9 Å². The molecule has 1 heterocycles. The van der Waals surface area contributed by atoms with Gasteiger partial charge in [-0.25, -0.2) is 0 Å². The highest BCUT2D eigenvalue weighted by molar-refractivity contribution is 5.43. The van der Waals surface area contributed by atoms with E-state index < -0.39 is 0 Å². The van der Waals surface area contributed by atoms with Gasteiger partial charge >= 0.3 is 0 Å². The third kappa shape index (κ3) is 4.28. The summed E-state index contributed by atoms with van der Waals surface area (Å²) >= 11 is 0. The number of hydrogen-bond acceptors (Lipinski definition) is 6. The van der Waals surface area contributed by atoms with E-state index in [0.29, 0.717) is 18.1 Å². The fourth-order valence-electron chi connectivity index (χ4n) is 3.69. The van der Waals surface area contributed by atoms with Crippen molar-refractivity contribution >= 4 is 0 Å². The zero-order chi connectivity index (χ0) is 19.4. The van der Waals surface area contributed by atoms with Gasteiger partial charge in [-0.2, -0.15) is 0 Å². The summed E-state index contributed by atoms with van der Waals surface area (Å²) in [6, 6.07) is 10.8. The van der Waals surface area contributed by atoms with Crippen LogP contribution in [0.3, 0.4) is 0 Å². The molecule has 3 rings (SSSR count). The van der Waals surface area contributed by atoms with Gasteiger partial charge < -0.3 is 29.2 Å². The van der Waals surface area contributed by atoms with Crippen LogP contribution in [0.15, 0.2) is 36.4 Å². The van der Waals surface area contributed by atoms with Crippen molar-refractivity contribution in [3.05, 3.63) is 47.5 Å². The average molecular weight is 374 g/mol. The molecule has 0 spiro atoms. The molecule has 1 aliphatic rings. The van der Waals surface area contributed by atoms with Crippen LogP contribution in [-0.4, -0.2) is 44.4 Å². The minimum Gasteiger partial charge on any atom is -0.504 e. The topological polar surface area (TPSA) is 77.4 Å². The Morgan fingerprint density at radius 2 is 1.59 bits per heavy atom. The Kier molecular flexibility index (Phi) is 6.08. The van der Waals surface area contributed by atoms with Crippen molar-refractivity contribution < 1.29 is 29.2 Å². The van der Waals surface area contributed by atoms with Crippen molar-refractivity contribution in [3.63, 3.8) is 0 Å². The molecule has 1 aliphatic heterocycles. The van der Waals surface area contributed by atoms with Crippen LogP contribution in [0.4, 0.5) is 0 Å². The van der Waals surface area contributed by atoms with Crippen LogP contribution in [0.5, 0.6) is 23.0 Å². The Balaban J connectivity index is 1.77. The van der Waals surface area contributed by atoms with Gasteiger partial charge in [0.2, 0.25) is 0 Å². The number of rotatable bonds is 7. The summed E-state index contributed by atoms with van der Waals surface area (Å²) in [6.45, 7) is 0.588. The van der Waals surface area contributed by atoms with Gasteiger partial charge in [0.1, 0.15) is 0 Å². The molecule has 27 heavy (non-hydrogen) atoms. The van der Waals surface area contributed by atoms with E-state index in [-0.39, 0.29) is 29.6 Å². The monoisotopic (exact) mass is 374 g/mol. The lowest BCUT2D eigenvalue weighted by Crippen LogP contribution is -2.25. The second kappa shape index (κ2) is 8.50. The summed E-state index contributed by atoms with van der Waals surface area (Å²) in [5.41, 5.74) is 2.07. The molecular weight excluding hydrogens is 348 g/mol. The molecule has 1 saturated heterocycles. The highest BCUT2D eigenvalue weighted by atomic mass is 16.7. The third-order valence-electron chi connectivity index (χ3n) is 5.12. The molecule has 146 valence electrons. The molecule has 0 amide bonds. The fourth-order valence-corrected chi connectivity index (χ4v) is 3.69. The SMILES string of the molecule is COc1ccc(C[C@@H]2CO[C@H](OC)[C@H]2Cc2ccc(O)c(OC)c2)cc1O. The quantitative estimate of drug-likeness (QED) is 0.775. The number of ether oxygens (including phenoxy) is 4. The Bertz CT molecular complexity index is 775. The van der Waals surface area contributed by atoms with E-state index in [9.17, 15) is 10.2 Å². The molecule has 6 nitrogen and oxygen atoms in total. The van der Waals surface area contributed by atoms with Gasteiger partial charge in [0.15, 0.2) is 29.3 Å². The second-order valence-corrected chi connectivity index (χ2v) is 6.78. The van der Waals surface area contributed by atoms with Crippen LogP contribution in [0.25, 0.3) is 0 Å². The highest BCUT2D eigenvalue weighted by Gasteiger charge is 2.37. The maximum Gasteiger partial charge on any atom is 0.160 e. The molecule has 3 atom stereocenters. The van der Waals surface area contributed by atoms with Crippen LogP contribution < -0.4 is 9.47 Å². The van der Waals surface area contributed by atoms with E-state index in [1.54, 1.807) is 25.3 Å². The molecule has 2 aromatic carbocycles. The summed E-state index contributed by atoms with van der Waals surface area (Å²) < 4.78 is 21.7. The Morgan fingerprint density at radius 1 is 0.889 bits per heavy atom. The fraction of sp³-hybridized carbons (Fsp3) is 0.429. The van der Waals surface area contributed by atoms with E-state index in [2.05, 4.69) is 0 Å². The molecule has 2 aromatic rings. The van der Waals surface area contributed by atoms with Crippen LogP contribution in [-0.2, 0) is 22.3 Å². The number of methoxy groups -OCH3 is 3. The van der Waals surface area contributed by atoms with Crippen molar-refractivity contribution in [1.29, 1.82) is 0 Å². The number of aromatic hydroxyl groups is 2. The summed E-state index contributed by atoms with van der Waals surface area (Å²) in [6.07, 6.45) is 1.21. The van der Waals surface area contributed by atoms with Crippen molar-refractivity contribution in [2.24, 2.45) is 11.8 Å². The largest absolute Gasteiger partial charge is 0.504 e. The third-order valence-corrected chi connectivity index (χ3v) is 5.12. The minimum atomic E-state index is -0.290. The smallest absolute Gasteiger partial charge is 0.160 e. The molecule has 6 heteroatoms. The number of phenolic OH excluding ortho intramolecular Hbond substituents is 2. The van der Waals surface area contributed by atoms with Crippen molar-refractivity contribution in [3.8, 4) is 23.0 Å². The van der Waals surface area contributed by atoms with Gasteiger partial charge in [0.05, 0.1) is 20.8 Å². The molecule has 0 saturated carbocycles. The van der Waals surface area contributed by atoms with Gasteiger partial charge in [-0.15, -0.1) is 0 Å². The van der Waals surface area contributed by atoms with E-state index in [1.807, 2.05) is 18.2 Å². The molecular formula is C21H26O6. The molecule has 1 fully saturated rings. The van der Waals surface area contributed by atoms with E-state index >= 15 is 0 Å². The summed E-state index contributed by atoms with van der Waals surface area (Å²) in [4.78, 5) is 0. The first kappa shape index (κ1) is 19.3. The van der Waals surface area contributed by atoms with E-state index in [0.717, 1.165) is 24.0 Å². The molecule has 0 aromatic heterocycles. The Hall–Kier alpha value is -2.44. The zero-order valence-corrected chi connectivity index (χ0v) is 15.8. The standard InChI is InChI=1S/C21H26O6/c1-24-19-7-5-13(10-18(19)23)8-15-12-27-21(26-3)16(15)9-14-4-6-17(22)20(11-14)25-2/h4-7,10-11,15-16,21-23H,8-9,12H2,1-3H3/t15-,16+,21+/m1/s1. The lowest BCUT2D eigenvalue weighted by molar-refractivity contribution is -0.110. The predicted molar refractivity (Wildman–Crippen MR) is 100 cm³/mol. The van der Waals surface area contributed by atoms with E-state index in [4.69, 9.17) is 18.9 Å². The first-order valence-corrected chi connectivity index (χ1v) is 8.91. The number of benzene rings is 2. The van der Waals surface area contributed by atoms with Crippen molar-refractivity contribution in [1.82, 2.24) is 0 Å². The summed E-state index contributed by atoms with van der Waals surface area (Å²) in [5.74, 6) is 1.56. The average Bonchev–Trinajstić information content (AvgIpc) is 3.04. The minimum absolute atomic E-state index is 0.123. The predicted octanol–water partition coefficient (Wildman–Crippen LogP) is 3.14. The van der Waals surface area contributed by atoms with Gasteiger partial charge in [-0.3, -0.25) is 0 Å². The normalized spacial score (nSPS) is 22.0. The van der Waals surface area contributed by atoms with Crippen LogP contribution in [0, 0.1) is 11.8 Å². The van der Waals surface area contributed by atoms with Crippen LogP contribution >= 0.6 is 0 Å². The van der Waals surface area contributed by atoms with Gasteiger partial charge in [0, 0.05) is 13.0 Å². The van der Waals surface area contributed by atoms with Crippen LogP contribution in [0.2, 0.25) is 0 Å². The summed E-state index contributed by atoms with van der Waals surface area (Å²) in [7, 11) is 4.72. The number of phenols is 2. The molecule has 0 aliphatic carbocycles. The first-order chi connectivity index (χ1) is 13.0. The second-order valence-electron chi connectivity index (χ2n) is 6.78. The Labute approximate surface area is 159 Å². The molecule has 0 bridgehead atoms.